The molecule has 138 valence electrons. The highest BCUT2D eigenvalue weighted by Gasteiger charge is 2.18. The summed E-state index contributed by atoms with van der Waals surface area (Å²) < 4.78 is 0. The van der Waals surface area contributed by atoms with E-state index in [0.717, 1.165) is 17.7 Å². The Morgan fingerprint density at radius 1 is 0.962 bits per heavy atom. The summed E-state index contributed by atoms with van der Waals surface area (Å²) in [6.07, 6.45) is 0.728. The van der Waals surface area contributed by atoms with Crippen LogP contribution in [0.1, 0.15) is 31.9 Å². The number of amides is 3. The van der Waals surface area contributed by atoms with Gasteiger partial charge in [-0.05, 0) is 44.4 Å². The number of carbonyl (C=O) groups excluding carboxylic acids is 2. The molecule has 0 fully saturated rings. The van der Waals surface area contributed by atoms with E-state index in [1.165, 1.54) is 10.5 Å². The molecular weight excluding hydrogens is 326 g/mol. The minimum absolute atomic E-state index is 0.00392. The number of para-hydroxylation sites is 1. The second-order valence-electron chi connectivity index (χ2n) is 7.40. The van der Waals surface area contributed by atoms with Gasteiger partial charge in [0.1, 0.15) is 6.54 Å². The monoisotopic (exact) mass is 353 g/mol. The number of nitrogens with zero attached hydrogens (tertiary/aromatic N) is 1. The lowest BCUT2D eigenvalue weighted by Crippen LogP contribution is -2.47. The average Bonchev–Trinajstić information content (AvgIpc) is 2.55. The van der Waals surface area contributed by atoms with Crippen LogP contribution < -0.4 is 10.6 Å². The van der Waals surface area contributed by atoms with Gasteiger partial charge in [-0.25, -0.2) is 4.79 Å². The van der Waals surface area contributed by atoms with Crippen LogP contribution in [0, 0.1) is 0 Å². The van der Waals surface area contributed by atoms with E-state index in [4.69, 9.17) is 0 Å². The van der Waals surface area contributed by atoms with Gasteiger partial charge in [0.15, 0.2) is 0 Å². The van der Waals surface area contributed by atoms with Crippen molar-refractivity contribution in [1.82, 2.24) is 10.2 Å². The summed E-state index contributed by atoms with van der Waals surface area (Å²) >= 11 is 0. The topological polar surface area (TPSA) is 61.4 Å². The largest absolute Gasteiger partial charge is 0.350 e. The highest BCUT2D eigenvalue weighted by Crippen LogP contribution is 2.19. The second-order valence-corrected chi connectivity index (χ2v) is 7.40. The van der Waals surface area contributed by atoms with Crippen LogP contribution >= 0.6 is 0 Å². The first-order valence-corrected chi connectivity index (χ1v) is 8.69. The molecule has 2 rings (SSSR count). The lowest BCUT2D eigenvalue weighted by atomic mass is 10.0. The van der Waals surface area contributed by atoms with Crippen LogP contribution in [0.4, 0.5) is 10.5 Å². The predicted molar refractivity (Wildman–Crippen MR) is 105 cm³/mol. The minimum Gasteiger partial charge on any atom is -0.350 e. The molecule has 0 saturated carbocycles. The summed E-state index contributed by atoms with van der Waals surface area (Å²) in [7, 11) is 1.61. The molecule has 0 aliphatic carbocycles. The molecule has 0 unspecified atom stereocenters. The zero-order valence-corrected chi connectivity index (χ0v) is 15.9. The molecule has 3 amide bonds. The highest BCUT2D eigenvalue weighted by molar-refractivity contribution is 5.93. The Labute approximate surface area is 155 Å². The fraction of sp³-hybridized carbons (Fsp3) is 0.333. The van der Waals surface area contributed by atoms with Crippen molar-refractivity contribution in [2.24, 2.45) is 0 Å². The molecule has 0 aromatic heterocycles. The van der Waals surface area contributed by atoms with Crippen molar-refractivity contribution in [3.8, 4) is 0 Å². The third kappa shape index (κ3) is 6.24. The predicted octanol–water partition coefficient (Wildman–Crippen LogP) is 3.66. The number of anilines is 1. The van der Waals surface area contributed by atoms with Gasteiger partial charge in [0.2, 0.25) is 5.91 Å². The fourth-order valence-corrected chi connectivity index (χ4v) is 2.57. The van der Waals surface area contributed by atoms with E-state index in [2.05, 4.69) is 22.8 Å². The number of nitrogens with one attached hydrogen (secondary N) is 2. The van der Waals surface area contributed by atoms with Gasteiger partial charge in [0, 0.05) is 18.3 Å². The van der Waals surface area contributed by atoms with Crippen LogP contribution in [0.5, 0.6) is 0 Å². The van der Waals surface area contributed by atoms with Crippen LogP contribution in [0.2, 0.25) is 0 Å². The summed E-state index contributed by atoms with van der Waals surface area (Å²) in [6.45, 7) is 5.73. The third-order valence-corrected chi connectivity index (χ3v) is 3.74. The van der Waals surface area contributed by atoms with E-state index in [1.54, 1.807) is 7.05 Å². The van der Waals surface area contributed by atoms with Crippen LogP contribution in [-0.4, -0.2) is 36.0 Å². The fourth-order valence-electron chi connectivity index (χ4n) is 2.57. The number of rotatable bonds is 5. The number of carbonyl (C=O) groups is 2. The molecule has 0 aliphatic heterocycles. The molecule has 2 N–H and O–H groups in total. The van der Waals surface area contributed by atoms with Crippen molar-refractivity contribution in [3.05, 3.63) is 65.7 Å². The summed E-state index contributed by atoms with van der Waals surface area (Å²) in [5.41, 5.74) is 2.63. The van der Waals surface area contributed by atoms with Gasteiger partial charge in [-0.1, -0.05) is 48.5 Å². The molecule has 0 radical (unpaired) electrons. The first kappa shape index (κ1) is 19.5. The Morgan fingerprint density at radius 2 is 1.58 bits per heavy atom. The first-order valence-electron chi connectivity index (χ1n) is 8.69. The van der Waals surface area contributed by atoms with Gasteiger partial charge in [-0.3, -0.25) is 4.79 Å². The Morgan fingerprint density at radius 3 is 2.23 bits per heavy atom. The molecule has 0 aliphatic rings. The number of likely N-dealkylation sites (N-methyl/N-ethyl adjacent to an activating group) is 1. The molecule has 5 heteroatoms. The van der Waals surface area contributed by atoms with E-state index in [1.807, 2.05) is 63.2 Å². The van der Waals surface area contributed by atoms with E-state index in [9.17, 15) is 9.59 Å². The molecule has 0 bridgehead atoms. The molecule has 0 heterocycles. The summed E-state index contributed by atoms with van der Waals surface area (Å²) in [5, 5.41) is 5.76. The first-order chi connectivity index (χ1) is 12.2. The number of hydrogen-bond acceptors (Lipinski definition) is 2. The summed E-state index contributed by atoms with van der Waals surface area (Å²) in [5.74, 6) is -0.187. The van der Waals surface area contributed by atoms with Crippen molar-refractivity contribution in [2.75, 3.05) is 18.9 Å². The molecule has 2 aromatic carbocycles. The Bertz CT molecular complexity index is 751. The van der Waals surface area contributed by atoms with E-state index in [-0.39, 0.29) is 24.0 Å². The van der Waals surface area contributed by atoms with E-state index in [0.29, 0.717) is 0 Å². The third-order valence-electron chi connectivity index (χ3n) is 3.74. The van der Waals surface area contributed by atoms with E-state index >= 15 is 0 Å². The van der Waals surface area contributed by atoms with Gasteiger partial charge in [-0.15, -0.1) is 0 Å². The number of urea groups is 1. The molecule has 5 nitrogen and oxygen atoms in total. The van der Waals surface area contributed by atoms with Crippen LogP contribution in [-0.2, 0) is 11.2 Å². The Hall–Kier alpha value is -2.82. The van der Waals surface area contributed by atoms with Crippen molar-refractivity contribution in [2.45, 2.75) is 32.7 Å². The lowest BCUT2D eigenvalue weighted by molar-refractivity contribution is -0.122. The molecule has 26 heavy (non-hydrogen) atoms. The van der Waals surface area contributed by atoms with Gasteiger partial charge in [0.05, 0.1) is 0 Å². The highest BCUT2D eigenvalue weighted by atomic mass is 16.2. The van der Waals surface area contributed by atoms with Crippen molar-refractivity contribution in [1.29, 1.82) is 0 Å². The molecule has 0 saturated heterocycles. The minimum atomic E-state index is -0.323. The SMILES string of the molecule is CN(CC(=O)NC(C)(C)C)C(=O)Nc1ccccc1Cc1ccccc1. The van der Waals surface area contributed by atoms with E-state index < -0.39 is 0 Å². The van der Waals surface area contributed by atoms with Gasteiger partial charge >= 0.3 is 6.03 Å². The maximum Gasteiger partial charge on any atom is 0.322 e. The molecule has 0 atom stereocenters. The zero-order valence-electron chi connectivity index (χ0n) is 15.9. The summed E-state index contributed by atoms with van der Waals surface area (Å²) in [4.78, 5) is 25.8. The van der Waals surface area contributed by atoms with Crippen LogP contribution in [0.15, 0.2) is 54.6 Å². The standard InChI is InChI=1S/C21H27N3O2/c1-21(2,3)23-19(25)15-24(4)20(26)22-18-13-9-8-12-17(18)14-16-10-6-5-7-11-16/h5-13H,14-15H2,1-4H3,(H,22,26)(H,23,25). The van der Waals surface area contributed by atoms with Crippen molar-refractivity contribution >= 4 is 17.6 Å². The van der Waals surface area contributed by atoms with Gasteiger partial charge in [0.25, 0.3) is 0 Å². The van der Waals surface area contributed by atoms with Crippen LogP contribution in [0.25, 0.3) is 0 Å². The number of benzene rings is 2. The number of hydrogen-bond donors (Lipinski definition) is 2. The summed E-state index contributed by atoms with van der Waals surface area (Å²) in [6, 6.07) is 17.5. The van der Waals surface area contributed by atoms with Gasteiger partial charge in [-0.2, -0.15) is 0 Å². The lowest BCUT2D eigenvalue weighted by Gasteiger charge is -2.24. The maximum absolute atomic E-state index is 12.5. The zero-order chi connectivity index (χ0) is 19.2. The normalized spacial score (nSPS) is 10.9. The maximum atomic E-state index is 12.5. The molecule has 0 spiro atoms. The Kier molecular flexibility index (Phi) is 6.39. The van der Waals surface area contributed by atoms with Gasteiger partial charge < -0.3 is 15.5 Å². The molecule has 2 aromatic rings. The Balaban J connectivity index is 2.01. The van der Waals surface area contributed by atoms with Crippen molar-refractivity contribution in [3.63, 3.8) is 0 Å². The quantitative estimate of drug-likeness (QED) is 0.862. The van der Waals surface area contributed by atoms with Crippen molar-refractivity contribution < 1.29 is 9.59 Å². The molecular formula is C21H27N3O2. The smallest absolute Gasteiger partial charge is 0.322 e. The average molecular weight is 353 g/mol. The van der Waals surface area contributed by atoms with Crippen LogP contribution in [0.3, 0.4) is 0 Å². The second kappa shape index (κ2) is 8.52.